The number of ether oxygens (including phenoxy) is 4. The Morgan fingerprint density at radius 1 is 0.803 bits per heavy atom. The largest absolute Gasteiger partial charge is 0.497 e. The number of anilines is 2. The second-order valence-corrected chi connectivity index (χ2v) is 16.6. The summed E-state index contributed by atoms with van der Waals surface area (Å²) in [5.74, 6) is 0.664. The quantitative estimate of drug-likeness (QED) is 0.101. The van der Waals surface area contributed by atoms with Crippen LogP contribution in [0.1, 0.15) is 40.2 Å². The van der Waals surface area contributed by atoms with E-state index >= 15 is 0 Å². The van der Waals surface area contributed by atoms with E-state index in [0.717, 1.165) is 22.3 Å². The van der Waals surface area contributed by atoms with Gasteiger partial charge in [0.1, 0.15) is 34.0 Å². The standard InChI is InChI=1S/C47H42ClFN4O7S/c1-57-38-15-7-31(8-16-38)27-51-43-25-37(53-30-36(24-46(53)54)34-13-21-41(48)44(23-34)60-47-35(26-50)5-4-6-42(47)49)14-22-45(43)61(55,56)52(28-32-9-17-39(58-2)18-10-32)29-33-11-19-40(59-3)20-12-33/h4-23,25,36,51H,24,27-30H2,1-3H3. The van der Waals surface area contributed by atoms with Crippen LogP contribution in [-0.2, 0) is 34.5 Å². The second kappa shape index (κ2) is 18.8. The van der Waals surface area contributed by atoms with Crippen molar-refractivity contribution in [1.29, 1.82) is 5.26 Å². The summed E-state index contributed by atoms with van der Waals surface area (Å²) < 4.78 is 67.9. The zero-order chi connectivity index (χ0) is 43.1. The number of carbonyl (C=O) groups is 1. The highest BCUT2D eigenvalue weighted by Crippen LogP contribution is 2.40. The molecule has 14 heteroatoms. The summed E-state index contributed by atoms with van der Waals surface area (Å²) in [7, 11) is 0.512. The van der Waals surface area contributed by atoms with E-state index in [1.807, 2.05) is 54.6 Å². The molecule has 1 aliphatic rings. The number of nitrogens with one attached hydrogen (secondary N) is 1. The third kappa shape index (κ3) is 9.74. The Morgan fingerprint density at radius 2 is 1.39 bits per heavy atom. The van der Waals surface area contributed by atoms with Crippen LogP contribution in [0.5, 0.6) is 28.7 Å². The van der Waals surface area contributed by atoms with Crippen LogP contribution < -0.4 is 29.2 Å². The number of methoxy groups -OCH3 is 3. The molecule has 1 aliphatic heterocycles. The monoisotopic (exact) mass is 860 g/mol. The molecule has 6 aromatic rings. The summed E-state index contributed by atoms with van der Waals surface area (Å²) >= 11 is 6.47. The minimum atomic E-state index is -4.21. The van der Waals surface area contributed by atoms with Gasteiger partial charge in [0.2, 0.25) is 15.9 Å². The van der Waals surface area contributed by atoms with E-state index in [1.165, 1.54) is 28.6 Å². The van der Waals surface area contributed by atoms with Gasteiger partial charge < -0.3 is 29.2 Å². The van der Waals surface area contributed by atoms with Crippen molar-refractivity contribution in [2.24, 2.45) is 0 Å². The summed E-state index contributed by atoms with van der Waals surface area (Å²) in [6.07, 6.45) is 0.135. The minimum Gasteiger partial charge on any atom is -0.497 e. The SMILES string of the molecule is COc1ccc(CNc2cc(N3CC(c4ccc(Cl)c(Oc5c(F)cccc5C#N)c4)CC3=O)ccc2S(=O)(=O)N(Cc2ccc(OC)cc2)Cc2ccc(OC)cc2)cc1. The van der Waals surface area contributed by atoms with Crippen molar-refractivity contribution in [2.75, 3.05) is 38.1 Å². The molecule has 1 N–H and O–H groups in total. The Morgan fingerprint density at radius 3 is 1.97 bits per heavy atom. The first kappa shape index (κ1) is 42.5. The number of hydrogen-bond donors (Lipinski definition) is 1. The fourth-order valence-electron chi connectivity index (χ4n) is 7.07. The lowest BCUT2D eigenvalue weighted by Crippen LogP contribution is -2.31. The van der Waals surface area contributed by atoms with Gasteiger partial charge in [-0.25, -0.2) is 12.8 Å². The number of nitrogens with zero attached hydrogens (tertiary/aromatic N) is 3. The van der Waals surface area contributed by atoms with E-state index in [0.29, 0.717) is 28.6 Å². The van der Waals surface area contributed by atoms with Crippen LogP contribution in [0.3, 0.4) is 0 Å². The van der Waals surface area contributed by atoms with Crippen LogP contribution in [0.2, 0.25) is 5.02 Å². The highest BCUT2D eigenvalue weighted by atomic mass is 35.5. The number of benzene rings is 6. The maximum atomic E-state index is 15.0. The van der Waals surface area contributed by atoms with Gasteiger partial charge in [0.05, 0.1) is 37.6 Å². The number of carbonyl (C=O) groups excluding carboxylic acids is 1. The molecule has 0 bridgehead atoms. The van der Waals surface area contributed by atoms with Gasteiger partial charge in [-0.05, 0) is 101 Å². The molecule has 1 amide bonds. The second-order valence-electron chi connectivity index (χ2n) is 14.3. The molecular weight excluding hydrogens is 819 g/mol. The molecule has 0 saturated carbocycles. The van der Waals surface area contributed by atoms with Gasteiger partial charge in [-0.1, -0.05) is 60.1 Å². The van der Waals surface area contributed by atoms with Gasteiger partial charge in [-0.3, -0.25) is 4.79 Å². The number of amides is 1. The lowest BCUT2D eigenvalue weighted by Gasteiger charge is -2.26. The Balaban J connectivity index is 1.22. The molecule has 0 aliphatic carbocycles. The Hall–Kier alpha value is -6.59. The molecule has 6 aromatic carbocycles. The lowest BCUT2D eigenvalue weighted by atomic mass is 9.98. The van der Waals surface area contributed by atoms with E-state index < -0.39 is 15.8 Å². The summed E-state index contributed by atoms with van der Waals surface area (Å²) in [4.78, 5) is 15.4. The Bertz CT molecular complexity index is 2630. The van der Waals surface area contributed by atoms with Crippen LogP contribution in [0.15, 0.2) is 132 Å². The van der Waals surface area contributed by atoms with Crippen molar-refractivity contribution in [3.63, 3.8) is 0 Å². The molecule has 11 nitrogen and oxygen atoms in total. The molecule has 1 atom stereocenters. The summed E-state index contributed by atoms with van der Waals surface area (Å²) in [6, 6.07) is 37.8. The molecule has 0 spiro atoms. The van der Waals surface area contributed by atoms with E-state index in [-0.39, 0.29) is 71.4 Å². The molecule has 61 heavy (non-hydrogen) atoms. The molecule has 0 aromatic heterocycles. The van der Waals surface area contributed by atoms with Crippen molar-refractivity contribution >= 4 is 38.9 Å². The highest BCUT2D eigenvalue weighted by molar-refractivity contribution is 7.89. The first-order valence-corrected chi connectivity index (χ1v) is 21.0. The van der Waals surface area contributed by atoms with Crippen LogP contribution in [0, 0.1) is 17.1 Å². The Labute approximate surface area is 359 Å². The molecule has 1 saturated heterocycles. The number of para-hydroxylation sites is 1. The maximum Gasteiger partial charge on any atom is 0.245 e. The number of halogens is 2. The smallest absolute Gasteiger partial charge is 0.245 e. The van der Waals surface area contributed by atoms with Gasteiger partial charge >= 0.3 is 0 Å². The number of nitriles is 1. The topological polar surface area (TPSA) is 130 Å². The fourth-order valence-corrected chi connectivity index (χ4v) is 8.79. The van der Waals surface area contributed by atoms with Crippen LogP contribution in [-0.4, -0.2) is 46.5 Å². The van der Waals surface area contributed by atoms with Crippen molar-refractivity contribution in [3.05, 3.63) is 166 Å². The van der Waals surface area contributed by atoms with E-state index in [2.05, 4.69) is 5.32 Å². The fraction of sp³-hybridized carbons (Fsp3) is 0.191. The van der Waals surface area contributed by atoms with Gasteiger partial charge in [-0.15, -0.1) is 0 Å². The van der Waals surface area contributed by atoms with Gasteiger partial charge in [-0.2, -0.15) is 9.57 Å². The first-order chi connectivity index (χ1) is 29.5. The third-order valence-electron chi connectivity index (χ3n) is 10.4. The molecule has 7 rings (SSSR count). The zero-order valence-electron chi connectivity index (χ0n) is 33.6. The van der Waals surface area contributed by atoms with Gasteiger partial charge in [0.25, 0.3) is 0 Å². The predicted molar refractivity (Wildman–Crippen MR) is 232 cm³/mol. The van der Waals surface area contributed by atoms with Crippen molar-refractivity contribution in [1.82, 2.24) is 4.31 Å². The molecule has 1 heterocycles. The molecule has 1 fully saturated rings. The normalized spacial score (nSPS) is 13.8. The Kier molecular flexibility index (Phi) is 13.1. The summed E-state index contributed by atoms with van der Waals surface area (Å²) in [5, 5.41) is 13.1. The van der Waals surface area contributed by atoms with Crippen molar-refractivity contribution in [3.8, 4) is 34.8 Å². The lowest BCUT2D eigenvalue weighted by molar-refractivity contribution is -0.117. The van der Waals surface area contributed by atoms with E-state index in [9.17, 15) is 22.9 Å². The van der Waals surface area contributed by atoms with Crippen molar-refractivity contribution < 1.29 is 36.6 Å². The predicted octanol–water partition coefficient (Wildman–Crippen LogP) is 9.69. The number of hydrogen-bond acceptors (Lipinski definition) is 9. The number of sulfonamides is 1. The van der Waals surface area contributed by atoms with Crippen LogP contribution >= 0.6 is 11.6 Å². The molecule has 1 unspecified atom stereocenters. The minimum absolute atomic E-state index is 0.00939. The highest BCUT2D eigenvalue weighted by Gasteiger charge is 2.34. The molecule has 0 radical (unpaired) electrons. The summed E-state index contributed by atoms with van der Waals surface area (Å²) in [5.41, 5.74) is 3.91. The average molecular weight is 861 g/mol. The third-order valence-corrected chi connectivity index (χ3v) is 12.6. The first-order valence-electron chi connectivity index (χ1n) is 19.2. The number of rotatable bonds is 16. The van der Waals surface area contributed by atoms with Gasteiger partial charge in [0, 0.05) is 44.2 Å². The van der Waals surface area contributed by atoms with Gasteiger partial charge in [0.15, 0.2) is 11.6 Å². The van der Waals surface area contributed by atoms with Crippen LogP contribution in [0.25, 0.3) is 0 Å². The van der Waals surface area contributed by atoms with E-state index in [4.69, 9.17) is 30.5 Å². The summed E-state index contributed by atoms with van der Waals surface area (Å²) in [6.45, 7) is 0.651. The molecule has 312 valence electrons. The maximum absolute atomic E-state index is 15.0. The zero-order valence-corrected chi connectivity index (χ0v) is 35.2. The molecular formula is C47H42ClFN4O7S. The van der Waals surface area contributed by atoms with Crippen LogP contribution in [0.4, 0.5) is 15.8 Å². The average Bonchev–Trinajstić information content (AvgIpc) is 3.68. The van der Waals surface area contributed by atoms with Crippen molar-refractivity contribution in [2.45, 2.75) is 36.9 Å². The van der Waals surface area contributed by atoms with E-state index in [1.54, 1.807) is 80.8 Å².